The maximum atomic E-state index is 11.5. The van der Waals surface area contributed by atoms with Crippen LogP contribution in [0, 0.1) is 0 Å². The van der Waals surface area contributed by atoms with Crippen molar-refractivity contribution in [2.75, 3.05) is 32.7 Å². The van der Waals surface area contributed by atoms with Crippen molar-refractivity contribution in [3.05, 3.63) is 0 Å². The minimum Gasteiger partial charge on any atom is -0.461 e. The Morgan fingerprint density at radius 1 is 1.61 bits per heavy atom. The quantitative estimate of drug-likeness (QED) is 0.482. The summed E-state index contributed by atoms with van der Waals surface area (Å²) in [5.41, 5.74) is 0. The van der Waals surface area contributed by atoms with Crippen molar-refractivity contribution < 1.29 is 24.2 Å². The van der Waals surface area contributed by atoms with Crippen molar-refractivity contribution in [2.45, 2.75) is 6.92 Å². The zero-order valence-electron chi connectivity index (χ0n) is 10.0. The summed E-state index contributed by atoms with van der Waals surface area (Å²) in [5, 5.41) is 16.7. The Bertz CT molecular complexity index is 381. The van der Waals surface area contributed by atoms with E-state index in [2.05, 4.69) is 15.7 Å². The van der Waals surface area contributed by atoms with Crippen LogP contribution in [-0.4, -0.2) is 65.6 Å². The summed E-state index contributed by atoms with van der Waals surface area (Å²) in [7, 11) is 0. The third-order valence-electron chi connectivity index (χ3n) is 2.34. The van der Waals surface area contributed by atoms with Crippen LogP contribution < -0.4 is 10.6 Å². The molecule has 0 saturated carbocycles. The van der Waals surface area contributed by atoms with Crippen LogP contribution in [0.5, 0.6) is 0 Å². The number of carbonyl (C=O) groups is 3. The van der Waals surface area contributed by atoms with Crippen molar-refractivity contribution in [2.24, 2.45) is 5.11 Å². The van der Waals surface area contributed by atoms with Gasteiger partial charge in [-0.15, -0.1) is 0 Å². The van der Waals surface area contributed by atoms with E-state index in [1.54, 1.807) is 11.8 Å². The molecule has 9 nitrogen and oxygen atoms in total. The van der Waals surface area contributed by atoms with Crippen LogP contribution in [0.1, 0.15) is 6.92 Å². The summed E-state index contributed by atoms with van der Waals surface area (Å²) < 4.78 is 0.812. The molecule has 0 aromatic rings. The number of carbonyl (C=O) groups excluding carboxylic acids is 2. The molecule has 0 aromatic carbocycles. The molecule has 0 aliphatic carbocycles. The highest BCUT2D eigenvalue weighted by Crippen LogP contribution is 1.94. The van der Waals surface area contributed by atoms with Crippen LogP contribution >= 0.6 is 0 Å². The number of nitrogens with zero attached hydrogens (tertiary/aromatic N) is 3. The van der Waals surface area contributed by atoms with Gasteiger partial charge < -0.3 is 15.3 Å². The number of hydrogen-bond donors (Lipinski definition) is 3. The normalized spacial score (nSPS) is 15.5. The second-order valence-corrected chi connectivity index (χ2v) is 3.55. The Hall–Kier alpha value is -2.19. The van der Waals surface area contributed by atoms with Gasteiger partial charge >= 0.3 is 18.2 Å². The fourth-order valence-corrected chi connectivity index (χ4v) is 1.48. The topological polar surface area (TPSA) is 114 Å². The minimum atomic E-state index is -1.43. The molecular weight excluding hydrogens is 242 g/mol. The predicted octanol–water partition coefficient (Wildman–Crippen LogP) is -0.116. The van der Waals surface area contributed by atoms with E-state index in [4.69, 9.17) is 5.11 Å². The summed E-state index contributed by atoms with van der Waals surface area (Å²) in [6.45, 7) is 3.59. The van der Waals surface area contributed by atoms with Crippen molar-refractivity contribution in [1.82, 2.24) is 15.5 Å². The highest BCUT2D eigenvalue weighted by Gasteiger charge is 2.21. The van der Waals surface area contributed by atoms with Crippen molar-refractivity contribution in [3.63, 3.8) is 0 Å². The van der Waals surface area contributed by atoms with Gasteiger partial charge in [0, 0.05) is 18.2 Å². The van der Waals surface area contributed by atoms with Crippen molar-refractivity contribution in [1.29, 1.82) is 0 Å². The molecule has 0 spiro atoms. The van der Waals surface area contributed by atoms with E-state index in [9.17, 15) is 14.4 Å². The summed E-state index contributed by atoms with van der Waals surface area (Å²) in [5.74, 6) is 0. The van der Waals surface area contributed by atoms with E-state index < -0.39 is 12.1 Å². The molecule has 1 fully saturated rings. The molecule has 5 amide bonds. The van der Waals surface area contributed by atoms with Gasteiger partial charge in [0.15, 0.2) is 0 Å². The van der Waals surface area contributed by atoms with Gasteiger partial charge in [-0.1, -0.05) is 4.70 Å². The molecular formula is C9H16N5O4+. The highest BCUT2D eigenvalue weighted by atomic mass is 16.4. The van der Waals surface area contributed by atoms with E-state index in [-0.39, 0.29) is 19.1 Å². The Balaban J connectivity index is 2.36. The average Bonchev–Trinajstić information content (AvgIpc) is 2.71. The van der Waals surface area contributed by atoms with Gasteiger partial charge in [0.25, 0.3) is 0 Å². The number of azo groups is 2. The minimum absolute atomic E-state index is 0.155. The molecule has 0 atom stereocenters. The molecule has 100 valence electrons. The second-order valence-electron chi connectivity index (χ2n) is 3.55. The van der Waals surface area contributed by atoms with Crippen LogP contribution in [0.2, 0.25) is 0 Å². The van der Waals surface area contributed by atoms with Gasteiger partial charge in [0.2, 0.25) is 0 Å². The van der Waals surface area contributed by atoms with Gasteiger partial charge in [-0.3, -0.25) is 0 Å². The first-order chi connectivity index (χ1) is 8.54. The maximum absolute atomic E-state index is 11.5. The largest absolute Gasteiger partial charge is 0.512 e. The molecule has 1 rings (SSSR count). The van der Waals surface area contributed by atoms with E-state index in [1.165, 1.54) is 0 Å². The first kappa shape index (κ1) is 13.9. The summed E-state index contributed by atoms with van der Waals surface area (Å²) in [4.78, 5) is 34.6. The average molecular weight is 258 g/mol. The Kier molecular flexibility index (Phi) is 5.03. The molecule has 9 heteroatoms. The molecule has 18 heavy (non-hydrogen) atoms. The van der Waals surface area contributed by atoms with Crippen LogP contribution in [0.25, 0.3) is 0 Å². The Morgan fingerprint density at radius 3 is 2.83 bits per heavy atom. The fraction of sp³-hybridized carbons (Fsp3) is 0.667. The second kappa shape index (κ2) is 6.52. The van der Waals surface area contributed by atoms with Gasteiger partial charge in [-0.25, -0.2) is 14.9 Å². The molecule has 1 aliphatic heterocycles. The number of carboxylic acid groups (broad SMARTS) is 1. The first-order valence-electron chi connectivity index (χ1n) is 5.57. The zero-order valence-corrected chi connectivity index (χ0v) is 10.0. The van der Waals surface area contributed by atoms with Crippen LogP contribution in [0.15, 0.2) is 5.11 Å². The number of amides is 5. The lowest BCUT2D eigenvalue weighted by molar-refractivity contribution is -0.491. The monoisotopic (exact) mass is 258 g/mol. The van der Waals surface area contributed by atoms with E-state index in [0.29, 0.717) is 19.6 Å². The molecule has 1 aliphatic rings. The van der Waals surface area contributed by atoms with E-state index in [1.807, 2.05) is 0 Å². The van der Waals surface area contributed by atoms with Gasteiger partial charge in [0.05, 0.1) is 6.54 Å². The number of urea groups is 2. The van der Waals surface area contributed by atoms with E-state index in [0.717, 1.165) is 4.70 Å². The molecule has 0 bridgehead atoms. The van der Waals surface area contributed by atoms with Crippen LogP contribution in [0.4, 0.5) is 14.4 Å². The van der Waals surface area contributed by atoms with Gasteiger partial charge in [-0.05, 0) is 6.92 Å². The predicted molar refractivity (Wildman–Crippen MR) is 59.6 cm³/mol. The van der Waals surface area contributed by atoms with Gasteiger partial charge in [0.1, 0.15) is 13.1 Å². The maximum Gasteiger partial charge on any atom is 0.512 e. The lowest BCUT2D eigenvalue weighted by atomic mass is 10.5. The lowest BCUT2D eigenvalue weighted by Crippen LogP contribution is -2.39. The smallest absolute Gasteiger partial charge is 0.461 e. The van der Waals surface area contributed by atoms with Crippen LogP contribution in [-0.2, 0) is 0 Å². The molecule has 0 radical (unpaired) electrons. The molecule has 1 heterocycles. The van der Waals surface area contributed by atoms with Crippen molar-refractivity contribution in [3.8, 4) is 0 Å². The SMILES string of the molecule is CC[N+](=NC(=O)O)C(=O)NCCN1CCNC1=O. The van der Waals surface area contributed by atoms with Crippen molar-refractivity contribution >= 4 is 18.2 Å². The lowest BCUT2D eigenvalue weighted by Gasteiger charge is -2.11. The standard InChI is InChI=1S/C9H15N5O4/c1-2-14(12-9(17)18)8(16)11-4-6-13-5-3-10-7(13)15/h2-6H2,1H3,(H2-,10,11,15,16,17,18)/p+1. The summed E-state index contributed by atoms with van der Waals surface area (Å²) in [6.07, 6.45) is -1.43. The zero-order chi connectivity index (χ0) is 13.5. The number of nitrogens with one attached hydrogen (secondary N) is 2. The Labute approximate surface area is 103 Å². The Morgan fingerprint density at radius 2 is 2.33 bits per heavy atom. The summed E-state index contributed by atoms with van der Waals surface area (Å²) in [6, 6.07) is -0.758. The third-order valence-corrected chi connectivity index (χ3v) is 2.34. The first-order valence-corrected chi connectivity index (χ1v) is 5.57. The van der Waals surface area contributed by atoms with E-state index >= 15 is 0 Å². The molecule has 1 saturated heterocycles. The third kappa shape index (κ3) is 4.00. The summed E-state index contributed by atoms with van der Waals surface area (Å²) >= 11 is 0. The van der Waals surface area contributed by atoms with Gasteiger partial charge in [-0.2, -0.15) is 4.79 Å². The fourth-order valence-electron chi connectivity index (χ4n) is 1.48. The molecule has 0 aromatic heterocycles. The number of hydrogen-bond acceptors (Lipinski definition) is 3. The number of rotatable bonds is 4. The molecule has 0 unspecified atom stereocenters. The highest BCUT2D eigenvalue weighted by molar-refractivity contribution is 5.76. The molecule has 3 N–H and O–H groups in total. The van der Waals surface area contributed by atoms with Crippen LogP contribution in [0.3, 0.4) is 0 Å².